The first kappa shape index (κ1) is 18.9. The molecule has 0 spiro atoms. The molecule has 0 fully saturated rings. The van der Waals surface area contributed by atoms with Crippen LogP contribution in [-0.2, 0) is 19.1 Å². The molecule has 0 aromatic rings. The number of carbonyl (C=O) groups is 2. The van der Waals surface area contributed by atoms with E-state index >= 15 is 0 Å². The Morgan fingerprint density at radius 2 is 1.60 bits per heavy atom. The topological polar surface area (TPSA) is 90.6 Å². The minimum atomic E-state index is -0.885. The number of carbonyl (C=O) groups excluding carboxylic acids is 2. The van der Waals surface area contributed by atoms with Gasteiger partial charge in [-0.2, -0.15) is 0 Å². The molecule has 3 N–H and O–H groups in total. The molecular formula is C14H28N2O4. The maximum Gasteiger partial charge on any atom is 0.331 e. The molecule has 118 valence electrons. The van der Waals surface area contributed by atoms with E-state index < -0.39 is 35.2 Å². The quantitative estimate of drug-likeness (QED) is 0.736. The largest absolute Gasteiger partial charge is 0.458 e. The smallest absolute Gasteiger partial charge is 0.331 e. The number of hydrogen-bond acceptors (Lipinski definition) is 5. The van der Waals surface area contributed by atoms with Crippen LogP contribution >= 0.6 is 0 Å². The van der Waals surface area contributed by atoms with E-state index in [-0.39, 0.29) is 6.54 Å². The van der Waals surface area contributed by atoms with Gasteiger partial charge in [-0.1, -0.05) is 0 Å². The number of hydrogen-bond donors (Lipinski definition) is 2. The summed E-state index contributed by atoms with van der Waals surface area (Å²) in [6.45, 7) is 12.4. The molecule has 6 heteroatoms. The second kappa shape index (κ2) is 7.04. The van der Waals surface area contributed by atoms with Crippen molar-refractivity contribution >= 4 is 11.9 Å². The van der Waals surface area contributed by atoms with Crippen molar-refractivity contribution < 1.29 is 19.1 Å². The fourth-order valence-electron chi connectivity index (χ4n) is 1.59. The summed E-state index contributed by atoms with van der Waals surface area (Å²) in [5, 5.41) is 2.55. The third kappa shape index (κ3) is 8.12. The maximum atomic E-state index is 12.2. The van der Waals surface area contributed by atoms with Crippen molar-refractivity contribution in [3.05, 3.63) is 0 Å². The number of nitrogens with one attached hydrogen (secondary N) is 1. The Labute approximate surface area is 121 Å². The molecule has 0 heterocycles. The molecule has 0 aromatic carbocycles. The Morgan fingerprint density at radius 3 is 1.95 bits per heavy atom. The van der Waals surface area contributed by atoms with Gasteiger partial charge in [0.25, 0.3) is 0 Å². The Balaban J connectivity index is 4.97. The van der Waals surface area contributed by atoms with E-state index in [0.717, 1.165) is 0 Å². The van der Waals surface area contributed by atoms with Crippen LogP contribution < -0.4 is 11.1 Å². The highest BCUT2D eigenvalue weighted by molar-refractivity contribution is 5.86. The summed E-state index contributed by atoms with van der Waals surface area (Å²) in [4.78, 5) is 23.6. The molecule has 0 aliphatic heterocycles. The molecule has 0 unspecified atom stereocenters. The van der Waals surface area contributed by atoms with Crippen LogP contribution in [0.1, 0.15) is 48.5 Å². The van der Waals surface area contributed by atoms with Crippen molar-refractivity contribution in [3.63, 3.8) is 0 Å². The van der Waals surface area contributed by atoms with Crippen LogP contribution in [0.25, 0.3) is 0 Å². The van der Waals surface area contributed by atoms with E-state index in [4.69, 9.17) is 15.2 Å². The number of ether oxygens (including phenoxy) is 2. The van der Waals surface area contributed by atoms with E-state index in [1.807, 2.05) is 20.8 Å². The summed E-state index contributed by atoms with van der Waals surface area (Å²) < 4.78 is 11.0. The van der Waals surface area contributed by atoms with Crippen molar-refractivity contribution in [3.8, 4) is 0 Å². The molecule has 0 saturated carbocycles. The van der Waals surface area contributed by atoms with E-state index in [0.29, 0.717) is 0 Å². The molecule has 0 aromatic heterocycles. The monoisotopic (exact) mass is 288 g/mol. The van der Waals surface area contributed by atoms with E-state index in [1.165, 1.54) is 0 Å². The first-order valence-corrected chi connectivity index (χ1v) is 6.76. The van der Waals surface area contributed by atoms with Crippen molar-refractivity contribution in [2.45, 2.75) is 71.8 Å². The van der Waals surface area contributed by atoms with Crippen molar-refractivity contribution in [1.29, 1.82) is 0 Å². The summed E-state index contributed by atoms with van der Waals surface area (Å²) >= 11 is 0. The molecule has 20 heavy (non-hydrogen) atoms. The lowest BCUT2D eigenvalue weighted by atomic mass is 10.1. The summed E-state index contributed by atoms with van der Waals surface area (Å²) in [5.74, 6) is -0.957. The fraction of sp³-hybridized carbons (Fsp3) is 0.857. The number of amides is 1. The predicted octanol–water partition coefficient (Wildman–Crippen LogP) is 0.975. The highest BCUT2D eigenvalue weighted by Crippen LogP contribution is 2.16. The third-order valence-electron chi connectivity index (χ3n) is 2.17. The minimum Gasteiger partial charge on any atom is -0.458 e. The Bertz CT molecular complexity index is 342. The Morgan fingerprint density at radius 1 is 1.10 bits per heavy atom. The van der Waals surface area contributed by atoms with E-state index in [1.54, 1.807) is 27.7 Å². The zero-order valence-corrected chi connectivity index (χ0v) is 13.6. The van der Waals surface area contributed by atoms with Gasteiger partial charge in [-0.25, -0.2) is 4.79 Å². The number of rotatable bonds is 5. The van der Waals surface area contributed by atoms with Crippen LogP contribution in [0.15, 0.2) is 0 Å². The summed E-state index contributed by atoms with van der Waals surface area (Å²) in [5.41, 5.74) is 4.20. The van der Waals surface area contributed by atoms with Gasteiger partial charge < -0.3 is 20.5 Å². The normalized spacial score (nSPS) is 15.4. The molecule has 0 bridgehead atoms. The fourth-order valence-corrected chi connectivity index (χ4v) is 1.59. The van der Waals surface area contributed by atoms with Crippen LogP contribution in [-0.4, -0.2) is 41.8 Å². The van der Waals surface area contributed by atoms with Crippen LogP contribution in [0, 0.1) is 0 Å². The SMILES string of the molecule is C[C@H](OC(C)(C)C)[C@@H](NC(=O)CN)C(=O)OC(C)(C)C. The lowest BCUT2D eigenvalue weighted by Gasteiger charge is -2.32. The van der Waals surface area contributed by atoms with Crippen LogP contribution in [0.3, 0.4) is 0 Å². The van der Waals surface area contributed by atoms with Gasteiger partial charge in [0, 0.05) is 0 Å². The molecule has 6 nitrogen and oxygen atoms in total. The third-order valence-corrected chi connectivity index (χ3v) is 2.17. The first-order chi connectivity index (χ1) is 8.85. The molecule has 0 radical (unpaired) electrons. The molecule has 2 atom stereocenters. The van der Waals surface area contributed by atoms with Gasteiger partial charge in [0.15, 0.2) is 6.04 Å². The highest BCUT2D eigenvalue weighted by Gasteiger charge is 2.33. The standard InChI is InChI=1S/C14H28N2O4/c1-9(19-13(2,3)4)11(16-10(17)8-15)12(18)20-14(5,6)7/h9,11H,8,15H2,1-7H3,(H,16,17)/t9-,11+/m0/s1. The van der Waals surface area contributed by atoms with Gasteiger partial charge in [0.2, 0.25) is 5.91 Å². The van der Waals surface area contributed by atoms with Crippen LogP contribution in [0.2, 0.25) is 0 Å². The van der Waals surface area contributed by atoms with Gasteiger partial charge in [-0.05, 0) is 48.5 Å². The zero-order chi connectivity index (χ0) is 16.1. The molecule has 0 aliphatic carbocycles. The molecule has 0 aliphatic rings. The van der Waals surface area contributed by atoms with Gasteiger partial charge >= 0.3 is 5.97 Å². The first-order valence-electron chi connectivity index (χ1n) is 6.76. The van der Waals surface area contributed by atoms with Crippen molar-refractivity contribution in [1.82, 2.24) is 5.32 Å². The Kier molecular flexibility index (Phi) is 6.64. The van der Waals surface area contributed by atoms with E-state index in [2.05, 4.69) is 5.32 Å². The maximum absolute atomic E-state index is 12.2. The summed E-state index contributed by atoms with van der Waals surface area (Å²) in [6, 6.07) is -0.885. The van der Waals surface area contributed by atoms with E-state index in [9.17, 15) is 9.59 Å². The van der Waals surface area contributed by atoms with Gasteiger partial charge in [-0.15, -0.1) is 0 Å². The lowest BCUT2D eigenvalue weighted by Crippen LogP contribution is -2.53. The summed E-state index contributed by atoms with van der Waals surface area (Å²) in [7, 11) is 0. The van der Waals surface area contributed by atoms with Gasteiger partial charge in [0.05, 0.1) is 18.2 Å². The minimum absolute atomic E-state index is 0.193. The second-order valence-electron chi connectivity index (χ2n) is 6.72. The lowest BCUT2D eigenvalue weighted by molar-refractivity contribution is -0.166. The highest BCUT2D eigenvalue weighted by atomic mass is 16.6. The average molecular weight is 288 g/mol. The molecular weight excluding hydrogens is 260 g/mol. The second-order valence-corrected chi connectivity index (χ2v) is 6.72. The summed E-state index contributed by atoms with van der Waals surface area (Å²) in [6.07, 6.45) is -0.527. The zero-order valence-electron chi connectivity index (χ0n) is 13.6. The van der Waals surface area contributed by atoms with Crippen molar-refractivity contribution in [2.75, 3.05) is 6.54 Å². The predicted molar refractivity (Wildman–Crippen MR) is 77.1 cm³/mol. The molecule has 0 rings (SSSR count). The van der Waals surface area contributed by atoms with Crippen LogP contribution in [0.4, 0.5) is 0 Å². The molecule has 0 saturated heterocycles. The molecule has 1 amide bonds. The van der Waals surface area contributed by atoms with Crippen LogP contribution in [0.5, 0.6) is 0 Å². The van der Waals surface area contributed by atoms with Gasteiger partial charge in [-0.3, -0.25) is 4.79 Å². The van der Waals surface area contributed by atoms with Gasteiger partial charge in [0.1, 0.15) is 5.60 Å². The average Bonchev–Trinajstić information content (AvgIpc) is 2.19. The Hall–Kier alpha value is -1.14. The number of esters is 1. The van der Waals surface area contributed by atoms with Crippen molar-refractivity contribution in [2.24, 2.45) is 5.73 Å². The number of nitrogens with two attached hydrogens (primary N) is 1.